The molecule has 2 heteroatoms. The van der Waals surface area contributed by atoms with Crippen LogP contribution in [-0.4, -0.2) is 15.7 Å². The number of pyridine rings is 1. The molecular formula is C13H19NO. The van der Waals surface area contributed by atoms with Gasteiger partial charge in [0.1, 0.15) is 0 Å². The summed E-state index contributed by atoms with van der Waals surface area (Å²) >= 11 is 0. The molecule has 0 saturated heterocycles. The van der Waals surface area contributed by atoms with Crippen LogP contribution in [-0.2, 0) is 6.42 Å². The van der Waals surface area contributed by atoms with Crippen molar-refractivity contribution in [1.82, 2.24) is 4.98 Å². The van der Waals surface area contributed by atoms with Crippen molar-refractivity contribution in [2.24, 2.45) is 5.92 Å². The van der Waals surface area contributed by atoms with Crippen molar-refractivity contribution < 1.29 is 5.11 Å². The first-order valence-corrected chi connectivity index (χ1v) is 5.83. The molecule has 1 aliphatic rings. The van der Waals surface area contributed by atoms with Crippen LogP contribution in [0.4, 0.5) is 0 Å². The zero-order valence-corrected chi connectivity index (χ0v) is 9.32. The minimum absolute atomic E-state index is 0.456. The van der Waals surface area contributed by atoms with Crippen LogP contribution in [0.5, 0.6) is 0 Å². The highest BCUT2D eigenvalue weighted by Crippen LogP contribution is 2.38. The van der Waals surface area contributed by atoms with Gasteiger partial charge in [-0.2, -0.15) is 0 Å². The molecular weight excluding hydrogens is 186 g/mol. The Morgan fingerprint density at radius 3 is 2.80 bits per heavy atom. The van der Waals surface area contributed by atoms with Crippen molar-refractivity contribution in [3.63, 3.8) is 0 Å². The lowest BCUT2D eigenvalue weighted by Gasteiger charge is -2.22. The zero-order valence-electron chi connectivity index (χ0n) is 9.32. The SMILES string of the molecule is CCC1CCC(O)(Cc2ccncc2)C1. The molecule has 0 spiro atoms. The van der Waals surface area contributed by atoms with Crippen molar-refractivity contribution in [3.8, 4) is 0 Å². The second-order valence-electron chi connectivity index (χ2n) is 4.77. The summed E-state index contributed by atoms with van der Waals surface area (Å²) in [5, 5.41) is 10.4. The molecule has 2 nitrogen and oxygen atoms in total. The van der Waals surface area contributed by atoms with E-state index in [1.54, 1.807) is 12.4 Å². The molecule has 1 fully saturated rings. The molecule has 1 heterocycles. The molecule has 1 aliphatic carbocycles. The first-order chi connectivity index (χ1) is 7.22. The second-order valence-corrected chi connectivity index (χ2v) is 4.77. The third-order valence-electron chi connectivity index (χ3n) is 3.55. The van der Waals surface area contributed by atoms with Gasteiger partial charge in [0.2, 0.25) is 0 Å². The third-order valence-corrected chi connectivity index (χ3v) is 3.55. The van der Waals surface area contributed by atoms with E-state index in [2.05, 4.69) is 11.9 Å². The first-order valence-electron chi connectivity index (χ1n) is 5.83. The highest BCUT2D eigenvalue weighted by atomic mass is 16.3. The van der Waals surface area contributed by atoms with Crippen LogP contribution < -0.4 is 0 Å². The van der Waals surface area contributed by atoms with Crippen LogP contribution in [0.25, 0.3) is 0 Å². The molecule has 0 aliphatic heterocycles. The van der Waals surface area contributed by atoms with E-state index in [4.69, 9.17) is 0 Å². The molecule has 1 aromatic heterocycles. The Kier molecular flexibility index (Phi) is 3.06. The van der Waals surface area contributed by atoms with Crippen molar-refractivity contribution >= 4 is 0 Å². The van der Waals surface area contributed by atoms with E-state index in [1.165, 1.54) is 18.4 Å². The summed E-state index contributed by atoms with van der Waals surface area (Å²) in [7, 11) is 0. The Bertz CT molecular complexity index is 312. The molecule has 1 N–H and O–H groups in total. The van der Waals surface area contributed by atoms with E-state index < -0.39 is 5.60 Å². The van der Waals surface area contributed by atoms with Gasteiger partial charge in [-0.3, -0.25) is 4.98 Å². The van der Waals surface area contributed by atoms with Gasteiger partial charge in [-0.05, 0) is 42.9 Å². The molecule has 82 valence electrons. The molecule has 1 saturated carbocycles. The van der Waals surface area contributed by atoms with Crippen molar-refractivity contribution in [1.29, 1.82) is 0 Å². The van der Waals surface area contributed by atoms with Crippen molar-refractivity contribution in [3.05, 3.63) is 30.1 Å². The summed E-state index contributed by atoms with van der Waals surface area (Å²) in [5.74, 6) is 0.719. The summed E-state index contributed by atoms with van der Waals surface area (Å²) in [6.07, 6.45) is 8.66. The number of rotatable bonds is 3. The van der Waals surface area contributed by atoms with E-state index in [0.717, 1.165) is 25.2 Å². The largest absolute Gasteiger partial charge is 0.390 e. The molecule has 0 amide bonds. The van der Waals surface area contributed by atoms with E-state index in [0.29, 0.717) is 0 Å². The Labute approximate surface area is 91.4 Å². The Morgan fingerprint density at radius 2 is 2.20 bits per heavy atom. The van der Waals surface area contributed by atoms with E-state index >= 15 is 0 Å². The minimum Gasteiger partial charge on any atom is -0.390 e. The maximum absolute atomic E-state index is 10.4. The van der Waals surface area contributed by atoms with E-state index in [9.17, 15) is 5.11 Å². The molecule has 0 bridgehead atoms. The van der Waals surface area contributed by atoms with Crippen LogP contribution in [0.1, 0.15) is 38.2 Å². The lowest BCUT2D eigenvalue weighted by atomic mass is 9.92. The van der Waals surface area contributed by atoms with Gasteiger partial charge in [-0.25, -0.2) is 0 Å². The predicted molar refractivity (Wildman–Crippen MR) is 60.5 cm³/mol. The van der Waals surface area contributed by atoms with Crippen LogP contribution in [0.15, 0.2) is 24.5 Å². The van der Waals surface area contributed by atoms with E-state index in [1.807, 2.05) is 12.1 Å². The molecule has 2 rings (SSSR count). The maximum atomic E-state index is 10.4. The highest BCUT2D eigenvalue weighted by molar-refractivity contribution is 5.13. The number of aromatic nitrogens is 1. The van der Waals surface area contributed by atoms with Gasteiger partial charge in [0.25, 0.3) is 0 Å². The second kappa shape index (κ2) is 4.31. The standard InChI is InChI=1S/C13H19NO/c1-2-11-3-6-13(15,9-11)10-12-4-7-14-8-5-12/h4-5,7-8,11,15H,2-3,6,9-10H2,1H3. The first kappa shape index (κ1) is 10.6. The highest BCUT2D eigenvalue weighted by Gasteiger charge is 2.36. The van der Waals surface area contributed by atoms with Crippen molar-refractivity contribution in [2.45, 2.75) is 44.6 Å². The number of aliphatic hydroxyl groups is 1. The Hall–Kier alpha value is -0.890. The summed E-state index contributed by atoms with van der Waals surface area (Å²) in [6, 6.07) is 3.99. The fraction of sp³-hybridized carbons (Fsp3) is 0.615. The lowest BCUT2D eigenvalue weighted by molar-refractivity contribution is 0.0436. The predicted octanol–water partition coefficient (Wildman–Crippen LogP) is 2.57. The number of nitrogens with zero attached hydrogens (tertiary/aromatic N) is 1. The molecule has 1 aromatic rings. The van der Waals surface area contributed by atoms with Gasteiger partial charge in [0, 0.05) is 18.8 Å². The van der Waals surface area contributed by atoms with Gasteiger partial charge in [-0.15, -0.1) is 0 Å². The molecule has 2 atom stereocenters. The topological polar surface area (TPSA) is 33.1 Å². The van der Waals surface area contributed by atoms with Crippen LogP contribution in [0.3, 0.4) is 0 Å². The molecule has 2 unspecified atom stereocenters. The average Bonchev–Trinajstić information content (AvgIpc) is 2.61. The van der Waals surface area contributed by atoms with Gasteiger partial charge < -0.3 is 5.11 Å². The summed E-state index contributed by atoms with van der Waals surface area (Å²) in [6.45, 7) is 2.21. The Morgan fingerprint density at radius 1 is 1.47 bits per heavy atom. The van der Waals surface area contributed by atoms with Crippen LogP contribution >= 0.6 is 0 Å². The maximum Gasteiger partial charge on any atom is 0.0690 e. The van der Waals surface area contributed by atoms with E-state index in [-0.39, 0.29) is 0 Å². The quantitative estimate of drug-likeness (QED) is 0.822. The van der Waals surface area contributed by atoms with Crippen LogP contribution in [0.2, 0.25) is 0 Å². The van der Waals surface area contributed by atoms with Gasteiger partial charge in [0.05, 0.1) is 5.60 Å². The lowest BCUT2D eigenvalue weighted by Crippen LogP contribution is -2.27. The minimum atomic E-state index is -0.456. The summed E-state index contributed by atoms with van der Waals surface area (Å²) < 4.78 is 0. The fourth-order valence-corrected chi connectivity index (χ4v) is 2.60. The summed E-state index contributed by atoms with van der Waals surface area (Å²) in [5.41, 5.74) is 0.742. The smallest absolute Gasteiger partial charge is 0.0690 e. The fourth-order valence-electron chi connectivity index (χ4n) is 2.60. The normalized spacial score (nSPS) is 30.7. The van der Waals surface area contributed by atoms with Gasteiger partial charge in [-0.1, -0.05) is 13.3 Å². The molecule has 15 heavy (non-hydrogen) atoms. The Balaban J connectivity index is 2.00. The monoisotopic (exact) mass is 205 g/mol. The molecule has 0 aromatic carbocycles. The number of hydrogen-bond acceptors (Lipinski definition) is 2. The third kappa shape index (κ3) is 2.57. The van der Waals surface area contributed by atoms with Gasteiger partial charge >= 0.3 is 0 Å². The van der Waals surface area contributed by atoms with Gasteiger partial charge in [0.15, 0.2) is 0 Å². The molecule has 0 radical (unpaired) electrons. The van der Waals surface area contributed by atoms with Crippen molar-refractivity contribution in [2.75, 3.05) is 0 Å². The zero-order chi connectivity index (χ0) is 10.7. The number of hydrogen-bond donors (Lipinski definition) is 1. The average molecular weight is 205 g/mol. The van der Waals surface area contributed by atoms with Crippen LogP contribution in [0, 0.1) is 5.92 Å². The summed E-state index contributed by atoms with van der Waals surface area (Å²) in [4.78, 5) is 3.99.